The third-order valence-electron chi connectivity index (χ3n) is 2.55. The van der Waals surface area contributed by atoms with Gasteiger partial charge in [-0.15, -0.1) is 0 Å². The summed E-state index contributed by atoms with van der Waals surface area (Å²) in [5.41, 5.74) is 6.32. The lowest BCUT2D eigenvalue weighted by atomic mass is 10.2. The predicted octanol–water partition coefficient (Wildman–Crippen LogP) is 1.78. The van der Waals surface area contributed by atoms with Crippen molar-refractivity contribution in [3.8, 4) is 5.75 Å². The van der Waals surface area contributed by atoms with Crippen LogP contribution in [0, 0.1) is 0 Å². The fourth-order valence-electron chi connectivity index (χ4n) is 1.42. The van der Waals surface area contributed by atoms with Gasteiger partial charge in [0, 0.05) is 0 Å². The Hall–Kier alpha value is -2.24. The molecular weight excluding hydrogens is 262 g/mol. The maximum atomic E-state index is 11.7. The van der Waals surface area contributed by atoms with E-state index in [-0.39, 0.29) is 5.56 Å². The summed E-state index contributed by atoms with van der Waals surface area (Å²) in [7, 11) is 1.45. The highest BCUT2D eigenvalue weighted by Crippen LogP contribution is 2.22. The SMILES string of the molecule is CCCCOC(=O)COC(=O)c1ccc(N)c(OC)c1. The molecule has 110 valence electrons. The molecule has 0 bridgehead atoms. The Morgan fingerprint density at radius 3 is 2.65 bits per heavy atom. The Morgan fingerprint density at radius 1 is 1.25 bits per heavy atom. The first-order valence-corrected chi connectivity index (χ1v) is 6.34. The van der Waals surface area contributed by atoms with Gasteiger partial charge in [0.2, 0.25) is 0 Å². The van der Waals surface area contributed by atoms with Crippen LogP contribution in [0.25, 0.3) is 0 Å². The lowest BCUT2D eigenvalue weighted by Crippen LogP contribution is -2.17. The smallest absolute Gasteiger partial charge is 0.344 e. The molecular formula is C14H19NO5. The molecule has 0 fully saturated rings. The van der Waals surface area contributed by atoms with E-state index in [2.05, 4.69) is 0 Å². The molecule has 6 nitrogen and oxygen atoms in total. The minimum atomic E-state index is -0.629. The number of nitrogens with two attached hydrogens (primary N) is 1. The highest BCUT2D eigenvalue weighted by Gasteiger charge is 2.12. The Kier molecular flexibility index (Phi) is 6.36. The Bertz CT molecular complexity index is 473. The highest BCUT2D eigenvalue weighted by atomic mass is 16.6. The largest absolute Gasteiger partial charge is 0.495 e. The lowest BCUT2D eigenvalue weighted by Gasteiger charge is -2.08. The van der Waals surface area contributed by atoms with Gasteiger partial charge in [-0.2, -0.15) is 0 Å². The van der Waals surface area contributed by atoms with Crippen LogP contribution in [0.15, 0.2) is 18.2 Å². The topological polar surface area (TPSA) is 87.9 Å². The van der Waals surface area contributed by atoms with Gasteiger partial charge in [0.25, 0.3) is 0 Å². The van der Waals surface area contributed by atoms with E-state index in [0.717, 1.165) is 12.8 Å². The number of unbranched alkanes of at least 4 members (excludes halogenated alkanes) is 1. The van der Waals surface area contributed by atoms with E-state index in [1.807, 2.05) is 6.92 Å². The third-order valence-corrected chi connectivity index (χ3v) is 2.55. The number of ether oxygens (including phenoxy) is 3. The molecule has 0 radical (unpaired) electrons. The Labute approximate surface area is 117 Å². The van der Waals surface area contributed by atoms with E-state index in [0.29, 0.717) is 18.0 Å². The highest BCUT2D eigenvalue weighted by molar-refractivity contribution is 5.91. The number of carbonyl (C=O) groups is 2. The van der Waals surface area contributed by atoms with Crippen LogP contribution in [0.5, 0.6) is 5.75 Å². The van der Waals surface area contributed by atoms with Crippen molar-refractivity contribution >= 4 is 17.6 Å². The second kappa shape index (κ2) is 8.04. The number of anilines is 1. The van der Waals surface area contributed by atoms with Gasteiger partial charge in [0.05, 0.1) is 25.0 Å². The van der Waals surface area contributed by atoms with Gasteiger partial charge in [0.15, 0.2) is 6.61 Å². The van der Waals surface area contributed by atoms with Gasteiger partial charge in [-0.3, -0.25) is 0 Å². The van der Waals surface area contributed by atoms with Crippen LogP contribution in [-0.2, 0) is 14.3 Å². The zero-order chi connectivity index (χ0) is 15.0. The molecule has 0 unspecified atom stereocenters. The van der Waals surface area contributed by atoms with Crippen LogP contribution in [0.3, 0.4) is 0 Å². The minimum Gasteiger partial charge on any atom is -0.495 e. The summed E-state index contributed by atoms with van der Waals surface area (Å²) in [6.07, 6.45) is 1.72. The molecule has 0 amide bonds. The average Bonchev–Trinajstić information content (AvgIpc) is 2.45. The van der Waals surface area contributed by atoms with Crippen molar-refractivity contribution in [2.45, 2.75) is 19.8 Å². The normalized spacial score (nSPS) is 9.90. The van der Waals surface area contributed by atoms with Crippen LogP contribution < -0.4 is 10.5 Å². The van der Waals surface area contributed by atoms with Gasteiger partial charge in [-0.05, 0) is 24.6 Å². The van der Waals surface area contributed by atoms with Gasteiger partial charge in [-0.25, -0.2) is 9.59 Å². The van der Waals surface area contributed by atoms with E-state index in [1.165, 1.54) is 25.3 Å². The summed E-state index contributed by atoms with van der Waals surface area (Å²) >= 11 is 0. The van der Waals surface area contributed by atoms with Crippen LogP contribution in [0.1, 0.15) is 30.1 Å². The second-order valence-corrected chi connectivity index (χ2v) is 4.11. The number of esters is 2. The first kappa shape index (κ1) is 15.8. The van der Waals surface area contributed by atoms with Crippen molar-refractivity contribution < 1.29 is 23.8 Å². The number of hydrogen-bond acceptors (Lipinski definition) is 6. The summed E-state index contributed by atoms with van der Waals surface area (Å²) in [4.78, 5) is 23.0. The van der Waals surface area contributed by atoms with Crippen LogP contribution in [0.2, 0.25) is 0 Å². The molecule has 20 heavy (non-hydrogen) atoms. The monoisotopic (exact) mass is 281 g/mol. The summed E-state index contributed by atoms with van der Waals surface area (Å²) < 4.78 is 14.7. The van der Waals surface area contributed by atoms with Crippen molar-refractivity contribution in [1.29, 1.82) is 0 Å². The van der Waals surface area contributed by atoms with Gasteiger partial charge < -0.3 is 19.9 Å². The Balaban J connectivity index is 2.48. The fraction of sp³-hybridized carbons (Fsp3) is 0.429. The van der Waals surface area contributed by atoms with E-state index in [1.54, 1.807) is 0 Å². The lowest BCUT2D eigenvalue weighted by molar-refractivity contribution is -0.147. The summed E-state index contributed by atoms with van der Waals surface area (Å²) in [6, 6.07) is 4.50. The number of rotatable bonds is 7. The molecule has 0 aliphatic carbocycles. The molecule has 0 heterocycles. The number of carbonyl (C=O) groups excluding carboxylic acids is 2. The first-order valence-electron chi connectivity index (χ1n) is 6.34. The molecule has 1 aromatic carbocycles. The summed E-state index contributed by atoms with van der Waals surface area (Å²) in [5.74, 6) is -0.810. The fourth-order valence-corrected chi connectivity index (χ4v) is 1.42. The number of nitrogen functional groups attached to an aromatic ring is 1. The van der Waals surface area contributed by atoms with Crippen molar-refractivity contribution in [1.82, 2.24) is 0 Å². The summed E-state index contributed by atoms with van der Waals surface area (Å²) in [5, 5.41) is 0. The third kappa shape index (κ3) is 4.79. The molecule has 2 N–H and O–H groups in total. The van der Waals surface area contributed by atoms with Gasteiger partial charge >= 0.3 is 11.9 Å². The standard InChI is InChI=1S/C14H19NO5/c1-3-4-7-19-13(16)9-20-14(17)10-5-6-11(15)12(8-10)18-2/h5-6,8H,3-4,7,9,15H2,1-2H3. The van der Waals surface area contributed by atoms with E-state index in [4.69, 9.17) is 19.9 Å². The van der Waals surface area contributed by atoms with E-state index >= 15 is 0 Å². The maximum absolute atomic E-state index is 11.7. The van der Waals surface area contributed by atoms with E-state index in [9.17, 15) is 9.59 Å². The van der Waals surface area contributed by atoms with Crippen LogP contribution in [-0.4, -0.2) is 32.3 Å². The zero-order valence-electron chi connectivity index (χ0n) is 11.7. The Morgan fingerprint density at radius 2 is 2.00 bits per heavy atom. The molecule has 0 saturated heterocycles. The molecule has 1 aromatic rings. The molecule has 0 saturated carbocycles. The number of benzene rings is 1. The molecule has 0 aromatic heterocycles. The molecule has 0 spiro atoms. The van der Waals surface area contributed by atoms with Crippen molar-refractivity contribution in [2.24, 2.45) is 0 Å². The maximum Gasteiger partial charge on any atom is 0.344 e. The predicted molar refractivity (Wildman–Crippen MR) is 73.6 cm³/mol. The van der Waals surface area contributed by atoms with Crippen molar-refractivity contribution in [3.63, 3.8) is 0 Å². The zero-order valence-corrected chi connectivity index (χ0v) is 11.7. The minimum absolute atomic E-state index is 0.261. The molecule has 1 rings (SSSR count). The number of methoxy groups -OCH3 is 1. The molecule has 0 aliphatic heterocycles. The molecule has 0 atom stereocenters. The van der Waals surface area contributed by atoms with Gasteiger partial charge in [-0.1, -0.05) is 13.3 Å². The number of hydrogen-bond donors (Lipinski definition) is 1. The van der Waals surface area contributed by atoms with Crippen LogP contribution >= 0.6 is 0 Å². The quantitative estimate of drug-likeness (QED) is 0.465. The second-order valence-electron chi connectivity index (χ2n) is 4.11. The van der Waals surface area contributed by atoms with Crippen molar-refractivity contribution in [3.05, 3.63) is 23.8 Å². The van der Waals surface area contributed by atoms with Crippen LogP contribution in [0.4, 0.5) is 5.69 Å². The van der Waals surface area contributed by atoms with E-state index < -0.39 is 18.5 Å². The summed E-state index contributed by atoms with van der Waals surface area (Å²) in [6.45, 7) is 1.92. The van der Waals surface area contributed by atoms with Crippen molar-refractivity contribution in [2.75, 3.05) is 26.1 Å². The average molecular weight is 281 g/mol. The molecule has 6 heteroatoms. The first-order chi connectivity index (χ1) is 9.58. The van der Waals surface area contributed by atoms with Gasteiger partial charge in [0.1, 0.15) is 5.75 Å². The molecule has 0 aliphatic rings.